The normalized spacial score (nSPS) is 17.9. The molecule has 0 aliphatic carbocycles. The van der Waals surface area contributed by atoms with Crippen molar-refractivity contribution in [1.29, 1.82) is 0 Å². The van der Waals surface area contributed by atoms with Gasteiger partial charge in [-0.3, -0.25) is 4.79 Å². The smallest absolute Gasteiger partial charge is 0.317 e. The van der Waals surface area contributed by atoms with Crippen molar-refractivity contribution >= 4 is 17.6 Å². The first-order chi connectivity index (χ1) is 14.1. The molecule has 1 N–H and O–H groups in total. The zero-order valence-electron chi connectivity index (χ0n) is 16.5. The van der Waals surface area contributed by atoms with Crippen LogP contribution in [0.15, 0.2) is 48.5 Å². The molecular weight excluding hydrogens is 370 g/mol. The van der Waals surface area contributed by atoms with E-state index in [2.05, 4.69) is 5.32 Å². The summed E-state index contributed by atoms with van der Waals surface area (Å²) in [6, 6.07) is 15.0. The number of anilines is 1. The molecule has 2 aliphatic heterocycles. The lowest BCUT2D eigenvalue weighted by atomic mass is 10.2. The molecule has 1 saturated heterocycles. The van der Waals surface area contributed by atoms with E-state index in [1.807, 2.05) is 55.5 Å². The number of nitrogens with zero attached hydrogens (tertiary/aromatic N) is 2. The number of amides is 3. The second-order valence-corrected chi connectivity index (χ2v) is 7.18. The van der Waals surface area contributed by atoms with Gasteiger partial charge in [0.15, 0.2) is 11.5 Å². The Morgan fingerprint density at radius 3 is 2.66 bits per heavy atom. The van der Waals surface area contributed by atoms with Gasteiger partial charge in [-0.05, 0) is 24.6 Å². The molecular formula is C22H25N3O4. The summed E-state index contributed by atoms with van der Waals surface area (Å²) in [7, 11) is 0. The Bertz CT molecular complexity index is 887. The lowest BCUT2D eigenvalue weighted by Crippen LogP contribution is -2.45. The summed E-state index contributed by atoms with van der Waals surface area (Å²) in [5.41, 5.74) is 1.83. The van der Waals surface area contributed by atoms with Crippen LogP contribution < -0.4 is 19.7 Å². The summed E-state index contributed by atoms with van der Waals surface area (Å²) in [5.74, 6) is 1.32. The van der Waals surface area contributed by atoms with Crippen LogP contribution >= 0.6 is 0 Å². The van der Waals surface area contributed by atoms with Crippen LogP contribution in [0.2, 0.25) is 0 Å². The summed E-state index contributed by atoms with van der Waals surface area (Å²) >= 11 is 0. The van der Waals surface area contributed by atoms with E-state index in [9.17, 15) is 9.59 Å². The highest BCUT2D eigenvalue weighted by Crippen LogP contribution is 2.35. The molecule has 29 heavy (non-hydrogen) atoms. The molecule has 0 radical (unpaired) electrons. The Hall–Kier alpha value is -3.22. The van der Waals surface area contributed by atoms with E-state index in [1.54, 1.807) is 9.80 Å². The third-order valence-electron chi connectivity index (χ3n) is 5.18. The molecule has 0 bridgehead atoms. The average molecular weight is 395 g/mol. The number of rotatable bonds is 5. The molecule has 7 heteroatoms. The summed E-state index contributed by atoms with van der Waals surface area (Å²) < 4.78 is 11.2. The average Bonchev–Trinajstić information content (AvgIpc) is 3.12. The minimum atomic E-state index is -0.229. The van der Waals surface area contributed by atoms with Gasteiger partial charge in [0.2, 0.25) is 5.91 Å². The van der Waals surface area contributed by atoms with Crippen molar-refractivity contribution in [3.8, 4) is 11.5 Å². The maximum atomic E-state index is 12.7. The Labute approximate surface area is 170 Å². The number of carbonyl (C=O) groups is 2. The van der Waals surface area contributed by atoms with Crippen molar-refractivity contribution in [3.63, 3.8) is 0 Å². The second kappa shape index (κ2) is 8.43. The van der Waals surface area contributed by atoms with Crippen molar-refractivity contribution in [3.05, 3.63) is 54.1 Å². The van der Waals surface area contributed by atoms with E-state index in [-0.39, 0.29) is 24.4 Å². The standard InChI is InChI=1S/C22H25N3O4/c1-2-24(14-16-6-4-3-5-7-16)22(27)23-17-12-21(26)25(15-17)18-8-9-19-20(13-18)29-11-10-28-19/h3-9,13,17H,2,10-12,14-15H2,1H3,(H,23,27)/t17-/m0/s1. The summed E-state index contributed by atoms with van der Waals surface area (Å²) in [5, 5.41) is 3.01. The molecule has 7 nitrogen and oxygen atoms in total. The van der Waals surface area contributed by atoms with Crippen LogP contribution in [0.5, 0.6) is 11.5 Å². The van der Waals surface area contributed by atoms with E-state index in [1.165, 1.54) is 0 Å². The first kappa shape index (κ1) is 19.1. The van der Waals surface area contributed by atoms with Crippen molar-refractivity contribution in [2.45, 2.75) is 25.9 Å². The van der Waals surface area contributed by atoms with Crippen molar-refractivity contribution in [2.24, 2.45) is 0 Å². The molecule has 2 aliphatic rings. The Balaban J connectivity index is 1.39. The summed E-state index contributed by atoms with van der Waals surface area (Å²) in [6.07, 6.45) is 0.281. The maximum Gasteiger partial charge on any atom is 0.317 e. The van der Waals surface area contributed by atoms with Crippen LogP contribution in [0.1, 0.15) is 18.9 Å². The molecule has 0 spiro atoms. The van der Waals surface area contributed by atoms with Crippen LogP contribution in [0.3, 0.4) is 0 Å². The number of hydrogen-bond acceptors (Lipinski definition) is 4. The summed E-state index contributed by atoms with van der Waals surface area (Å²) in [4.78, 5) is 28.7. The first-order valence-electron chi connectivity index (χ1n) is 9.93. The monoisotopic (exact) mass is 395 g/mol. The molecule has 1 atom stereocenters. The molecule has 2 aromatic rings. The molecule has 0 unspecified atom stereocenters. The Morgan fingerprint density at radius 2 is 1.90 bits per heavy atom. The van der Waals surface area contributed by atoms with Crippen LogP contribution in [-0.4, -0.2) is 49.2 Å². The predicted molar refractivity (Wildman–Crippen MR) is 109 cm³/mol. The van der Waals surface area contributed by atoms with Gasteiger partial charge in [0.1, 0.15) is 13.2 Å². The minimum Gasteiger partial charge on any atom is -0.486 e. The maximum absolute atomic E-state index is 12.7. The van der Waals surface area contributed by atoms with E-state index < -0.39 is 0 Å². The zero-order chi connectivity index (χ0) is 20.2. The Morgan fingerprint density at radius 1 is 1.14 bits per heavy atom. The fourth-order valence-electron chi connectivity index (χ4n) is 3.65. The zero-order valence-corrected chi connectivity index (χ0v) is 16.5. The second-order valence-electron chi connectivity index (χ2n) is 7.18. The van der Waals surface area contributed by atoms with Gasteiger partial charge in [-0.15, -0.1) is 0 Å². The number of fused-ring (bicyclic) bond motifs is 1. The Kier molecular flexibility index (Phi) is 5.55. The topological polar surface area (TPSA) is 71.1 Å². The number of hydrogen-bond donors (Lipinski definition) is 1. The van der Waals surface area contributed by atoms with Crippen LogP contribution in [0.4, 0.5) is 10.5 Å². The van der Waals surface area contributed by atoms with E-state index >= 15 is 0 Å². The van der Waals surface area contributed by atoms with Gasteiger partial charge in [-0.1, -0.05) is 30.3 Å². The highest BCUT2D eigenvalue weighted by molar-refractivity contribution is 5.97. The molecule has 0 aromatic heterocycles. The fourth-order valence-corrected chi connectivity index (χ4v) is 3.65. The fraction of sp³-hybridized carbons (Fsp3) is 0.364. The van der Waals surface area contributed by atoms with Crippen LogP contribution in [-0.2, 0) is 11.3 Å². The molecule has 4 rings (SSSR count). The van der Waals surface area contributed by atoms with Gasteiger partial charge in [0, 0.05) is 37.8 Å². The van der Waals surface area contributed by atoms with Gasteiger partial charge in [0.05, 0.1) is 6.04 Å². The van der Waals surface area contributed by atoms with Crippen LogP contribution in [0, 0.1) is 0 Å². The van der Waals surface area contributed by atoms with E-state index in [0.29, 0.717) is 44.3 Å². The van der Waals surface area contributed by atoms with Gasteiger partial charge in [0.25, 0.3) is 0 Å². The van der Waals surface area contributed by atoms with E-state index in [4.69, 9.17) is 9.47 Å². The van der Waals surface area contributed by atoms with Gasteiger partial charge >= 0.3 is 6.03 Å². The number of nitrogens with one attached hydrogen (secondary N) is 1. The molecule has 3 amide bonds. The number of carbonyl (C=O) groups excluding carboxylic acids is 2. The number of ether oxygens (including phenoxy) is 2. The minimum absolute atomic E-state index is 0.0157. The number of benzene rings is 2. The molecule has 1 fully saturated rings. The van der Waals surface area contributed by atoms with Gasteiger partial charge < -0.3 is 24.6 Å². The van der Waals surface area contributed by atoms with Crippen molar-refractivity contribution in [1.82, 2.24) is 10.2 Å². The third kappa shape index (κ3) is 4.29. The third-order valence-corrected chi connectivity index (χ3v) is 5.18. The highest BCUT2D eigenvalue weighted by Gasteiger charge is 2.33. The van der Waals surface area contributed by atoms with Crippen molar-refractivity contribution in [2.75, 3.05) is 31.2 Å². The number of urea groups is 1. The van der Waals surface area contributed by atoms with Gasteiger partial charge in [-0.25, -0.2) is 4.79 Å². The van der Waals surface area contributed by atoms with Gasteiger partial charge in [-0.2, -0.15) is 0 Å². The lowest BCUT2D eigenvalue weighted by molar-refractivity contribution is -0.117. The largest absolute Gasteiger partial charge is 0.486 e. The molecule has 0 saturated carbocycles. The summed E-state index contributed by atoms with van der Waals surface area (Å²) in [6.45, 7) is 4.54. The molecule has 2 heterocycles. The van der Waals surface area contributed by atoms with Crippen LogP contribution in [0.25, 0.3) is 0 Å². The van der Waals surface area contributed by atoms with E-state index in [0.717, 1.165) is 11.3 Å². The molecule has 152 valence electrons. The predicted octanol–water partition coefficient (Wildman–Crippen LogP) is 2.79. The molecule has 2 aromatic carbocycles. The lowest BCUT2D eigenvalue weighted by Gasteiger charge is -2.24. The highest BCUT2D eigenvalue weighted by atomic mass is 16.6. The van der Waals surface area contributed by atoms with Crippen molar-refractivity contribution < 1.29 is 19.1 Å². The SMILES string of the molecule is CCN(Cc1ccccc1)C(=O)N[C@H]1CC(=O)N(c2ccc3c(c2)OCCO3)C1. The quantitative estimate of drug-likeness (QED) is 0.845. The first-order valence-corrected chi connectivity index (χ1v) is 9.93.